The predicted octanol–water partition coefficient (Wildman–Crippen LogP) is 7.26. The van der Waals surface area contributed by atoms with E-state index in [4.69, 9.17) is 10.8 Å². The highest BCUT2D eigenvalue weighted by Gasteiger charge is 2.54. The Morgan fingerprint density at radius 2 is 1.51 bits per heavy atom. The zero-order chi connectivity index (χ0) is 27.9. The molecule has 0 saturated heterocycles. The molecule has 2 unspecified atom stereocenters. The van der Waals surface area contributed by atoms with Crippen molar-refractivity contribution in [2.75, 3.05) is 11.6 Å². The highest BCUT2D eigenvalue weighted by Crippen LogP contribution is 2.58. The minimum absolute atomic E-state index is 0.115. The SMILES string of the molecule is Cc1cc(C)cc(C(CCN)C2(c3cc(C)cc(C)c3)SC(c3cc(F)ccc3F)=NN2c2nnc(C)s2)c1. The molecule has 0 radical (unpaired) electrons. The second-order valence-corrected chi connectivity index (χ2v) is 12.5. The molecule has 0 bridgehead atoms. The van der Waals surface area contributed by atoms with E-state index in [0.29, 0.717) is 23.1 Å². The van der Waals surface area contributed by atoms with Gasteiger partial charge in [-0.25, -0.2) is 13.8 Å². The Hall–Kier alpha value is -3.14. The number of hydrogen-bond donors (Lipinski definition) is 1. The van der Waals surface area contributed by atoms with Gasteiger partial charge >= 0.3 is 0 Å². The van der Waals surface area contributed by atoms with Crippen LogP contribution in [0.1, 0.15) is 56.3 Å². The van der Waals surface area contributed by atoms with E-state index >= 15 is 4.39 Å². The zero-order valence-corrected chi connectivity index (χ0v) is 24.3. The van der Waals surface area contributed by atoms with E-state index in [1.165, 1.54) is 29.2 Å². The summed E-state index contributed by atoms with van der Waals surface area (Å²) in [6, 6.07) is 16.4. The number of aromatic nitrogens is 2. The standard InChI is InChI=1S/C30H31F2N5S2/c1-17-10-18(2)13-22(12-17)26(8-9-33)30(23-14-19(3)11-20(4)15-23)37(29-35-34-21(5)38-29)36-28(39-30)25-16-24(31)6-7-27(25)32/h6-7,10-16,26H,8-9,33H2,1-5H3. The third kappa shape index (κ3) is 5.23. The lowest BCUT2D eigenvalue weighted by molar-refractivity contribution is 0.451. The van der Waals surface area contributed by atoms with Crippen molar-refractivity contribution in [3.05, 3.63) is 110 Å². The van der Waals surface area contributed by atoms with Gasteiger partial charge in [0.15, 0.2) is 0 Å². The summed E-state index contributed by atoms with van der Waals surface area (Å²) in [5.41, 5.74) is 13.0. The largest absolute Gasteiger partial charge is 0.330 e. The van der Waals surface area contributed by atoms with Gasteiger partial charge < -0.3 is 5.73 Å². The first kappa shape index (κ1) is 27.4. The van der Waals surface area contributed by atoms with Crippen molar-refractivity contribution >= 4 is 33.3 Å². The van der Waals surface area contributed by atoms with Crippen LogP contribution in [0.25, 0.3) is 0 Å². The maximum absolute atomic E-state index is 15.2. The molecule has 0 saturated carbocycles. The molecule has 1 aliphatic heterocycles. The minimum Gasteiger partial charge on any atom is -0.330 e. The van der Waals surface area contributed by atoms with Gasteiger partial charge in [-0.15, -0.1) is 10.2 Å². The second kappa shape index (κ2) is 10.8. The highest BCUT2D eigenvalue weighted by molar-refractivity contribution is 8.15. The number of hydrogen-bond acceptors (Lipinski definition) is 7. The summed E-state index contributed by atoms with van der Waals surface area (Å²) < 4.78 is 29.6. The Morgan fingerprint density at radius 1 is 0.872 bits per heavy atom. The molecule has 2 heterocycles. The Balaban J connectivity index is 1.84. The predicted molar refractivity (Wildman–Crippen MR) is 158 cm³/mol. The van der Waals surface area contributed by atoms with E-state index < -0.39 is 16.5 Å². The Kier molecular flexibility index (Phi) is 7.59. The molecule has 1 aliphatic rings. The molecule has 1 aromatic heterocycles. The normalized spacial score (nSPS) is 17.9. The average molecular weight is 564 g/mol. The quantitative estimate of drug-likeness (QED) is 0.256. The van der Waals surface area contributed by atoms with Gasteiger partial charge in [-0.05, 0) is 76.9 Å². The fraction of sp³-hybridized carbons (Fsp3) is 0.300. The molecule has 5 rings (SSSR count). The fourth-order valence-electron chi connectivity index (χ4n) is 5.45. The molecule has 0 aliphatic carbocycles. The number of anilines is 1. The average Bonchev–Trinajstić information content (AvgIpc) is 3.47. The van der Waals surface area contributed by atoms with Gasteiger partial charge in [-0.3, -0.25) is 0 Å². The summed E-state index contributed by atoms with van der Waals surface area (Å²) >= 11 is 2.84. The van der Waals surface area contributed by atoms with Crippen LogP contribution in [0.2, 0.25) is 0 Å². The fourth-order valence-corrected chi connectivity index (χ4v) is 7.74. The number of benzene rings is 3. The molecule has 0 amide bonds. The van der Waals surface area contributed by atoms with E-state index in [-0.39, 0.29) is 11.5 Å². The van der Waals surface area contributed by atoms with E-state index in [9.17, 15) is 4.39 Å². The summed E-state index contributed by atoms with van der Waals surface area (Å²) in [6.45, 7) is 10.6. The van der Waals surface area contributed by atoms with Crippen LogP contribution in [0.4, 0.5) is 13.9 Å². The van der Waals surface area contributed by atoms with Gasteiger partial charge in [0.1, 0.15) is 26.6 Å². The number of aryl methyl sites for hydroxylation is 5. The van der Waals surface area contributed by atoms with Crippen LogP contribution < -0.4 is 10.7 Å². The van der Waals surface area contributed by atoms with Gasteiger partial charge in [0.2, 0.25) is 5.13 Å². The zero-order valence-electron chi connectivity index (χ0n) is 22.6. The van der Waals surface area contributed by atoms with Crippen LogP contribution >= 0.6 is 23.1 Å². The summed E-state index contributed by atoms with van der Waals surface area (Å²) in [5.74, 6) is -1.23. The van der Waals surface area contributed by atoms with Crippen LogP contribution in [-0.2, 0) is 4.87 Å². The number of nitrogens with zero attached hydrogens (tertiary/aromatic N) is 4. The van der Waals surface area contributed by atoms with Crippen molar-refractivity contribution in [2.24, 2.45) is 10.8 Å². The van der Waals surface area contributed by atoms with Crippen LogP contribution in [0.15, 0.2) is 59.7 Å². The van der Waals surface area contributed by atoms with Crippen molar-refractivity contribution in [1.29, 1.82) is 0 Å². The molecule has 9 heteroatoms. The molecule has 39 heavy (non-hydrogen) atoms. The van der Waals surface area contributed by atoms with E-state index in [2.05, 4.69) is 74.3 Å². The van der Waals surface area contributed by atoms with Crippen molar-refractivity contribution in [2.45, 2.75) is 51.8 Å². The topological polar surface area (TPSA) is 67.4 Å². The monoisotopic (exact) mass is 563 g/mol. The van der Waals surface area contributed by atoms with E-state index in [1.54, 1.807) is 0 Å². The van der Waals surface area contributed by atoms with E-state index in [1.807, 2.05) is 11.9 Å². The summed E-state index contributed by atoms with van der Waals surface area (Å²) in [7, 11) is 0. The maximum atomic E-state index is 15.2. The van der Waals surface area contributed by atoms with Crippen molar-refractivity contribution in [1.82, 2.24) is 10.2 Å². The van der Waals surface area contributed by atoms with Crippen molar-refractivity contribution in [3.63, 3.8) is 0 Å². The first-order valence-electron chi connectivity index (χ1n) is 12.8. The van der Waals surface area contributed by atoms with Gasteiger partial charge in [0, 0.05) is 11.5 Å². The second-order valence-electron chi connectivity index (χ2n) is 10.2. The first-order chi connectivity index (χ1) is 18.6. The summed E-state index contributed by atoms with van der Waals surface area (Å²) in [5, 5.41) is 17.4. The molecule has 0 spiro atoms. The third-order valence-corrected chi connectivity index (χ3v) is 9.14. The van der Waals surface area contributed by atoms with Gasteiger partial charge in [0.05, 0.1) is 0 Å². The van der Waals surface area contributed by atoms with Crippen LogP contribution in [0.3, 0.4) is 0 Å². The Morgan fingerprint density at radius 3 is 2.10 bits per heavy atom. The lowest BCUT2D eigenvalue weighted by Gasteiger charge is -2.42. The van der Waals surface area contributed by atoms with Crippen LogP contribution in [0.5, 0.6) is 0 Å². The molecule has 5 nitrogen and oxygen atoms in total. The molecule has 2 atom stereocenters. The Bertz CT molecular complexity index is 1530. The van der Waals surface area contributed by atoms with Crippen LogP contribution in [-0.4, -0.2) is 21.8 Å². The number of hydrazone groups is 1. The van der Waals surface area contributed by atoms with Gasteiger partial charge in [0.25, 0.3) is 0 Å². The molecule has 2 N–H and O–H groups in total. The van der Waals surface area contributed by atoms with Gasteiger partial charge in [-0.2, -0.15) is 5.10 Å². The van der Waals surface area contributed by atoms with Crippen molar-refractivity contribution in [3.8, 4) is 0 Å². The molecule has 4 aromatic rings. The maximum Gasteiger partial charge on any atom is 0.230 e. The number of halogens is 2. The Labute approximate surface area is 236 Å². The van der Waals surface area contributed by atoms with Crippen molar-refractivity contribution < 1.29 is 8.78 Å². The summed E-state index contributed by atoms with van der Waals surface area (Å²) in [6.07, 6.45) is 0.631. The summed E-state index contributed by atoms with van der Waals surface area (Å²) in [4.78, 5) is -0.892. The molecule has 202 valence electrons. The first-order valence-corrected chi connectivity index (χ1v) is 14.4. The number of rotatable bonds is 7. The minimum atomic E-state index is -0.892. The van der Waals surface area contributed by atoms with Gasteiger partial charge in [-0.1, -0.05) is 81.8 Å². The molecule has 0 fully saturated rings. The third-order valence-electron chi connectivity index (χ3n) is 6.82. The lowest BCUT2D eigenvalue weighted by Crippen LogP contribution is -2.44. The number of nitrogens with two attached hydrogens (primary N) is 1. The molecule has 3 aromatic carbocycles. The number of thioether (sulfide) groups is 1. The van der Waals surface area contributed by atoms with Crippen LogP contribution in [0, 0.1) is 46.3 Å². The molecular formula is C30H31F2N5S2. The molecular weight excluding hydrogens is 532 g/mol. The van der Waals surface area contributed by atoms with E-state index in [0.717, 1.165) is 50.5 Å². The lowest BCUT2D eigenvalue weighted by atomic mass is 9.81. The smallest absolute Gasteiger partial charge is 0.230 e. The highest BCUT2D eigenvalue weighted by atomic mass is 32.2.